The molecule has 3 aromatic rings. The second-order valence-corrected chi connectivity index (χ2v) is 6.90. The van der Waals surface area contributed by atoms with Gasteiger partial charge in [0.25, 0.3) is 10.0 Å². The Morgan fingerprint density at radius 2 is 1.74 bits per heavy atom. The molecule has 19 heavy (non-hydrogen) atoms. The summed E-state index contributed by atoms with van der Waals surface area (Å²) in [4.78, 5) is 4.56. The number of pyridine rings is 1. The number of hydrogen-bond donors (Lipinski definition) is 0. The zero-order valence-electron chi connectivity index (χ0n) is 9.69. The lowest BCUT2D eigenvalue weighted by atomic mass is 10.3. The first-order valence-corrected chi connectivity index (χ1v) is 8.05. The molecule has 0 saturated carbocycles. The van der Waals surface area contributed by atoms with Gasteiger partial charge in [0.05, 0.1) is 4.90 Å². The number of benzene rings is 1. The normalized spacial score (nSPS) is 11.8. The van der Waals surface area contributed by atoms with E-state index in [1.54, 1.807) is 36.4 Å². The molecule has 4 nitrogen and oxygen atoms in total. The van der Waals surface area contributed by atoms with Crippen molar-refractivity contribution in [2.75, 3.05) is 0 Å². The smallest absolute Gasteiger partial charge is 0.224 e. The maximum Gasteiger partial charge on any atom is 0.269 e. The largest absolute Gasteiger partial charge is 0.269 e. The molecule has 0 saturated heterocycles. The third-order valence-corrected chi connectivity index (χ3v) is 5.05. The average molecular weight is 384 g/mol. The summed E-state index contributed by atoms with van der Waals surface area (Å²) in [5.74, 6) is 0. The van der Waals surface area contributed by atoms with Gasteiger partial charge in [0.15, 0.2) is 5.65 Å². The van der Waals surface area contributed by atoms with Crippen LogP contribution in [-0.2, 0) is 10.0 Å². The van der Waals surface area contributed by atoms with Gasteiger partial charge in [-0.3, -0.25) is 0 Å². The van der Waals surface area contributed by atoms with E-state index in [0.717, 1.165) is 9.09 Å². The van der Waals surface area contributed by atoms with Crippen LogP contribution < -0.4 is 0 Å². The van der Waals surface area contributed by atoms with E-state index >= 15 is 0 Å². The van der Waals surface area contributed by atoms with Crippen LogP contribution >= 0.6 is 22.6 Å². The maximum absolute atomic E-state index is 12.5. The summed E-state index contributed by atoms with van der Waals surface area (Å²) in [7, 11) is -3.59. The Balaban J connectivity index is 2.28. The molecular formula is C13H9IN2O2S. The second kappa shape index (κ2) is 4.61. The molecule has 2 aromatic heterocycles. The maximum atomic E-state index is 12.5. The summed E-state index contributed by atoms with van der Waals surface area (Å²) in [6.07, 6.45) is 1.54. The Morgan fingerprint density at radius 1 is 1.00 bits per heavy atom. The summed E-state index contributed by atoms with van der Waals surface area (Å²) in [5, 5.41) is 0.805. The molecule has 0 aliphatic rings. The first-order valence-electron chi connectivity index (χ1n) is 5.53. The van der Waals surface area contributed by atoms with Crippen molar-refractivity contribution in [3.63, 3.8) is 0 Å². The highest BCUT2D eigenvalue weighted by molar-refractivity contribution is 14.1. The molecule has 0 bridgehead atoms. The van der Waals surface area contributed by atoms with Gasteiger partial charge < -0.3 is 0 Å². The van der Waals surface area contributed by atoms with Crippen LogP contribution in [0.4, 0.5) is 0 Å². The molecule has 0 amide bonds. The van der Waals surface area contributed by atoms with E-state index in [0.29, 0.717) is 5.65 Å². The fourth-order valence-corrected chi connectivity index (χ4v) is 3.59. The van der Waals surface area contributed by atoms with Crippen molar-refractivity contribution in [1.29, 1.82) is 0 Å². The lowest BCUT2D eigenvalue weighted by Crippen LogP contribution is -2.12. The molecule has 3 rings (SSSR count). The van der Waals surface area contributed by atoms with Gasteiger partial charge in [0.2, 0.25) is 0 Å². The number of hydrogen-bond acceptors (Lipinski definition) is 3. The van der Waals surface area contributed by atoms with Gasteiger partial charge in [-0.05, 0) is 52.9 Å². The van der Waals surface area contributed by atoms with Crippen molar-refractivity contribution >= 4 is 43.6 Å². The number of rotatable bonds is 2. The Hall–Kier alpha value is -1.41. The van der Waals surface area contributed by atoms with Crippen molar-refractivity contribution < 1.29 is 8.42 Å². The van der Waals surface area contributed by atoms with Crippen LogP contribution in [0, 0.1) is 3.70 Å². The fraction of sp³-hybridized carbons (Fsp3) is 0. The van der Waals surface area contributed by atoms with Crippen molar-refractivity contribution in [2.45, 2.75) is 4.90 Å². The molecule has 0 fully saturated rings. The first-order chi connectivity index (χ1) is 9.09. The topological polar surface area (TPSA) is 52.0 Å². The Bertz CT molecular complexity index is 841. The quantitative estimate of drug-likeness (QED) is 0.505. The molecular weight excluding hydrogens is 375 g/mol. The molecule has 0 unspecified atom stereocenters. The van der Waals surface area contributed by atoms with Crippen molar-refractivity contribution in [2.24, 2.45) is 0 Å². The van der Waals surface area contributed by atoms with E-state index in [9.17, 15) is 8.42 Å². The molecule has 0 N–H and O–H groups in total. The standard InChI is InChI=1S/C13H9IN2O2S/c14-12-7-6-10-8-9-16(13(10)15-12)19(17,18)11-4-2-1-3-5-11/h1-9H. The van der Waals surface area contributed by atoms with Crippen LogP contribution in [0.15, 0.2) is 59.6 Å². The molecule has 0 aliphatic carbocycles. The molecule has 0 aliphatic heterocycles. The van der Waals surface area contributed by atoms with Crippen LogP contribution in [0.1, 0.15) is 0 Å². The van der Waals surface area contributed by atoms with E-state index in [-0.39, 0.29) is 4.90 Å². The van der Waals surface area contributed by atoms with Crippen LogP contribution in [-0.4, -0.2) is 17.4 Å². The van der Waals surface area contributed by atoms with E-state index in [4.69, 9.17) is 0 Å². The fourth-order valence-electron chi connectivity index (χ4n) is 1.86. The summed E-state index contributed by atoms with van der Waals surface area (Å²) >= 11 is 2.07. The van der Waals surface area contributed by atoms with Crippen LogP contribution in [0.5, 0.6) is 0 Å². The minimum Gasteiger partial charge on any atom is -0.224 e. The number of aromatic nitrogens is 2. The Kier molecular flexibility index (Phi) is 3.06. The zero-order chi connectivity index (χ0) is 13.5. The predicted molar refractivity (Wildman–Crippen MR) is 81.5 cm³/mol. The second-order valence-electron chi connectivity index (χ2n) is 3.98. The van der Waals surface area contributed by atoms with Gasteiger partial charge in [0.1, 0.15) is 3.70 Å². The zero-order valence-corrected chi connectivity index (χ0v) is 12.7. The number of fused-ring (bicyclic) bond motifs is 1. The van der Waals surface area contributed by atoms with E-state index in [2.05, 4.69) is 27.6 Å². The van der Waals surface area contributed by atoms with Gasteiger partial charge in [0, 0.05) is 11.6 Å². The van der Waals surface area contributed by atoms with Crippen LogP contribution in [0.25, 0.3) is 11.0 Å². The summed E-state index contributed by atoms with van der Waals surface area (Å²) < 4.78 is 27.1. The summed E-state index contributed by atoms with van der Waals surface area (Å²) in [6, 6.07) is 13.8. The lowest BCUT2D eigenvalue weighted by molar-refractivity contribution is 0.588. The molecule has 6 heteroatoms. The third-order valence-electron chi connectivity index (χ3n) is 2.77. The highest BCUT2D eigenvalue weighted by atomic mass is 127. The highest BCUT2D eigenvalue weighted by Gasteiger charge is 2.19. The summed E-state index contributed by atoms with van der Waals surface area (Å²) in [6.45, 7) is 0. The van der Waals surface area contributed by atoms with Gasteiger partial charge in [-0.1, -0.05) is 18.2 Å². The molecule has 0 atom stereocenters. The van der Waals surface area contributed by atoms with Gasteiger partial charge >= 0.3 is 0 Å². The minimum atomic E-state index is -3.59. The number of nitrogens with zero attached hydrogens (tertiary/aromatic N) is 2. The summed E-state index contributed by atoms with van der Waals surface area (Å²) in [5.41, 5.74) is 0.454. The van der Waals surface area contributed by atoms with Crippen molar-refractivity contribution in [3.8, 4) is 0 Å². The first kappa shape index (κ1) is 12.6. The van der Waals surface area contributed by atoms with Crippen LogP contribution in [0.2, 0.25) is 0 Å². The molecule has 0 spiro atoms. The van der Waals surface area contributed by atoms with Gasteiger partial charge in [-0.15, -0.1) is 0 Å². The Morgan fingerprint density at radius 3 is 2.47 bits per heavy atom. The molecule has 96 valence electrons. The highest BCUT2D eigenvalue weighted by Crippen LogP contribution is 2.21. The van der Waals surface area contributed by atoms with Crippen molar-refractivity contribution in [1.82, 2.24) is 8.96 Å². The average Bonchev–Trinajstić information content (AvgIpc) is 2.83. The molecule has 1 aromatic carbocycles. The van der Waals surface area contributed by atoms with Crippen LogP contribution in [0.3, 0.4) is 0 Å². The monoisotopic (exact) mass is 384 g/mol. The third kappa shape index (κ3) is 2.14. The SMILES string of the molecule is O=S(=O)(c1ccccc1)n1ccc2ccc(I)nc21. The van der Waals surface area contributed by atoms with E-state index in [1.165, 1.54) is 10.2 Å². The molecule has 2 heterocycles. The van der Waals surface area contributed by atoms with E-state index < -0.39 is 10.0 Å². The van der Waals surface area contributed by atoms with E-state index in [1.807, 2.05) is 12.1 Å². The molecule has 0 radical (unpaired) electrons. The predicted octanol–water partition coefficient (Wildman–Crippen LogP) is 2.88. The lowest BCUT2D eigenvalue weighted by Gasteiger charge is -2.06. The Labute approximate surface area is 124 Å². The van der Waals surface area contributed by atoms with Gasteiger partial charge in [-0.2, -0.15) is 0 Å². The van der Waals surface area contributed by atoms with Crippen molar-refractivity contribution in [3.05, 3.63) is 58.4 Å². The minimum absolute atomic E-state index is 0.258. The number of halogens is 1. The van der Waals surface area contributed by atoms with Gasteiger partial charge in [-0.25, -0.2) is 17.4 Å².